The lowest BCUT2D eigenvalue weighted by atomic mass is 10.1. The second kappa shape index (κ2) is 9.72. The fourth-order valence-electron chi connectivity index (χ4n) is 3.03. The molecule has 3 aromatic rings. The van der Waals surface area contributed by atoms with Crippen molar-refractivity contribution in [3.05, 3.63) is 41.7 Å². The van der Waals surface area contributed by atoms with Crippen molar-refractivity contribution in [2.75, 3.05) is 23.4 Å². The number of nitrogens with zero attached hydrogens (tertiary/aromatic N) is 5. The molecule has 0 spiro atoms. The lowest BCUT2D eigenvalue weighted by molar-refractivity contribution is -0.140. The Kier molecular flexibility index (Phi) is 6.81. The molecule has 0 radical (unpaired) electrons. The van der Waals surface area contributed by atoms with Gasteiger partial charge in [-0.3, -0.25) is 9.59 Å². The lowest BCUT2D eigenvalue weighted by Gasteiger charge is -2.19. The molecule has 0 bridgehead atoms. The van der Waals surface area contributed by atoms with Crippen LogP contribution in [0, 0.1) is 0 Å². The van der Waals surface area contributed by atoms with Gasteiger partial charge in [-0.25, -0.2) is 14.8 Å². The molecule has 1 atom stereocenters. The zero-order chi connectivity index (χ0) is 24.1. The molecule has 13 heteroatoms. The SMILES string of the molecule is CN(Cc1cnc2nc(N)nc(N)c2n1)c1ccc(C(=O)N[C@@H](CCC(=O)O)C(=O)O)cc1.[H+]. The maximum Gasteiger partial charge on any atom is 1.00 e. The standard InChI is InChI=1S/C20H22N8O5/c1-28(9-11-8-23-17-15(24-11)16(21)26-20(22)27-17)12-4-2-10(3-5-12)18(31)25-13(19(32)33)6-7-14(29)30/h2-5,8,13H,6-7,9H2,1H3,(H,25,31)(H,29,30)(H,32,33)(H4,21,22,23,26,27)/p+1/t13-/m0/s1. The molecule has 13 nitrogen and oxygen atoms in total. The fraction of sp³-hybridized carbons (Fsp3) is 0.250. The molecule has 1 amide bonds. The minimum atomic E-state index is -1.30. The van der Waals surface area contributed by atoms with Crippen molar-refractivity contribution in [2.24, 2.45) is 0 Å². The topological polar surface area (TPSA) is 211 Å². The van der Waals surface area contributed by atoms with Crippen LogP contribution in [0.25, 0.3) is 11.2 Å². The van der Waals surface area contributed by atoms with Crippen LogP contribution in [0.1, 0.15) is 30.3 Å². The second-order valence-corrected chi connectivity index (χ2v) is 7.20. The van der Waals surface area contributed by atoms with Gasteiger partial charge in [-0.15, -0.1) is 0 Å². The monoisotopic (exact) mass is 455 g/mol. The molecule has 0 saturated carbocycles. The van der Waals surface area contributed by atoms with Crippen molar-refractivity contribution in [1.82, 2.24) is 25.3 Å². The van der Waals surface area contributed by atoms with Crippen molar-refractivity contribution in [2.45, 2.75) is 25.4 Å². The average molecular weight is 455 g/mol. The van der Waals surface area contributed by atoms with Gasteiger partial charge in [-0.1, -0.05) is 0 Å². The third-order valence-corrected chi connectivity index (χ3v) is 4.72. The predicted octanol–water partition coefficient (Wildman–Crippen LogP) is 0.381. The number of carbonyl (C=O) groups is 3. The molecule has 172 valence electrons. The predicted molar refractivity (Wildman–Crippen MR) is 119 cm³/mol. The summed E-state index contributed by atoms with van der Waals surface area (Å²) in [6.07, 6.45) is 0.964. The highest BCUT2D eigenvalue weighted by Crippen LogP contribution is 2.19. The average Bonchev–Trinajstić information content (AvgIpc) is 2.76. The largest absolute Gasteiger partial charge is 1.00 e. The number of nitrogens with one attached hydrogen (secondary N) is 1. The molecule has 0 aliphatic carbocycles. The Balaban J connectivity index is 0.00000408. The van der Waals surface area contributed by atoms with Crippen molar-refractivity contribution in [3.63, 3.8) is 0 Å². The van der Waals surface area contributed by atoms with E-state index in [1.807, 2.05) is 11.9 Å². The van der Waals surface area contributed by atoms with Crippen LogP contribution < -0.4 is 21.7 Å². The van der Waals surface area contributed by atoms with Crippen LogP contribution in [0.2, 0.25) is 0 Å². The van der Waals surface area contributed by atoms with E-state index in [1.165, 1.54) is 12.1 Å². The molecule has 2 aromatic heterocycles. The Labute approximate surface area is 189 Å². The highest BCUT2D eigenvalue weighted by atomic mass is 16.4. The number of rotatable bonds is 9. The van der Waals surface area contributed by atoms with Gasteiger partial charge in [0, 0.05) is 24.7 Å². The summed E-state index contributed by atoms with van der Waals surface area (Å²) in [5.74, 6) is -2.91. The molecule has 0 fully saturated rings. The van der Waals surface area contributed by atoms with Gasteiger partial charge >= 0.3 is 13.4 Å². The number of amides is 1. The third-order valence-electron chi connectivity index (χ3n) is 4.72. The zero-order valence-corrected chi connectivity index (χ0v) is 17.6. The highest BCUT2D eigenvalue weighted by molar-refractivity contribution is 5.97. The first-order valence-electron chi connectivity index (χ1n) is 9.75. The van der Waals surface area contributed by atoms with E-state index in [1.54, 1.807) is 18.3 Å². The highest BCUT2D eigenvalue weighted by Gasteiger charge is 2.21. The number of benzene rings is 1. The molecule has 1 aromatic carbocycles. The number of aromatic nitrogens is 4. The van der Waals surface area contributed by atoms with Gasteiger partial charge in [0.15, 0.2) is 17.0 Å². The van der Waals surface area contributed by atoms with Gasteiger partial charge in [-0.05, 0) is 30.7 Å². The molecule has 0 aliphatic rings. The minimum absolute atomic E-state index is 0. The van der Waals surface area contributed by atoms with E-state index >= 15 is 0 Å². The Morgan fingerprint density at radius 1 is 1.12 bits per heavy atom. The van der Waals surface area contributed by atoms with Crippen LogP contribution >= 0.6 is 0 Å². The van der Waals surface area contributed by atoms with E-state index in [4.69, 9.17) is 16.6 Å². The summed E-state index contributed by atoms with van der Waals surface area (Å²) in [7, 11) is 1.82. The summed E-state index contributed by atoms with van der Waals surface area (Å²) in [4.78, 5) is 52.7. The van der Waals surface area contributed by atoms with Gasteiger partial charge < -0.3 is 31.9 Å². The fourth-order valence-corrected chi connectivity index (χ4v) is 3.03. The van der Waals surface area contributed by atoms with E-state index in [0.29, 0.717) is 23.4 Å². The summed E-state index contributed by atoms with van der Waals surface area (Å²) in [6.45, 7) is 0.370. The van der Waals surface area contributed by atoms with E-state index in [9.17, 15) is 19.5 Å². The maximum atomic E-state index is 12.4. The molecular formula is C20H23N8O5+. The first-order chi connectivity index (χ1) is 15.6. The van der Waals surface area contributed by atoms with Crippen molar-refractivity contribution < 1.29 is 26.0 Å². The van der Waals surface area contributed by atoms with Crippen molar-refractivity contribution in [3.8, 4) is 0 Å². The van der Waals surface area contributed by atoms with Gasteiger partial charge in [-0.2, -0.15) is 9.97 Å². The number of aliphatic carboxylic acids is 2. The van der Waals surface area contributed by atoms with Gasteiger partial charge in [0.25, 0.3) is 5.91 Å². The molecular weight excluding hydrogens is 432 g/mol. The number of nitrogens with two attached hydrogens (primary N) is 2. The second-order valence-electron chi connectivity index (χ2n) is 7.20. The number of carbonyl (C=O) groups excluding carboxylic acids is 1. The lowest BCUT2D eigenvalue weighted by Crippen LogP contribution is -2.41. The molecule has 0 saturated heterocycles. The first kappa shape index (κ1) is 23.1. The summed E-state index contributed by atoms with van der Waals surface area (Å²) < 4.78 is 0. The van der Waals surface area contributed by atoms with Crippen molar-refractivity contribution >= 4 is 46.5 Å². The van der Waals surface area contributed by atoms with Crippen LogP contribution in [-0.4, -0.2) is 61.1 Å². The van der Waals surface area contributed by atoms with Gasteiger partial charge in [0.05, 0.1) is 18.4 Å². The smallest absolute Gasteiger partial charge is 0.481 e. The number of carboxylic acids is 2. The summed E-state index contributed by atoms with van der Waals surface area (Å²) in [6, 6.07) is 5.16. The number of nitrogen functional groups attached to an aromatic ring is 2. The summed E-state index contributed by atoms with van der Waals surface area (Å²) in [5, 5.41) is 20.2. The summed E-state index contributed by atoms with van der Waals surface area (Å²) >= 11 is 0. The van der Waals surface area contributed by atoms with Crippen LogP contribution in [0.5, 0.6) is 0 Å². The third kappa shape index (κ3) is 5.78. The Hall–Kier alpha value is -4.55. The zero-order valence-electron chi connectivity index (χ0n) is 18.6. The van der Waals surface area contributed by atoms with Crippen LogP contribution in [-0.2, 0) is 16.1 Å². The summed E-state index contributed by atoms with van der Waals surface area (Å²) in [5.41, 5.74) is 13.7. The Morgan fingerprint density at radius 3 is 2.45 bits per heavy atom. The molecule has 0 unspecified atom stereocenters. The molecule has 33 heavy (non-hydrogen) atoms. The quantitative estimate of drug-likeness (QED) is 0.296. The number of fused-ring (bicyclic) bond motifs is 1. The van der Waals surface area contributed by atoms with Crippen LogP contribution in [0.4, 0.5) is 17.5 Å². The van der Waals surface area contributed by atoms with Crippen LogP contribution in [0.3, 0.4) is 0 Å². The minimum Gasteiger partial charge on any atom is -0.481 e. The number of hydrogen-bond acceptors (Lipinski definition) is 10. The van der Waals surface area contributed by atoms with E-state index in [0.717, 1.165) is 5.69 Å². The van der Waals surface area contributed by atoms with Crippen molar-refractivity contribution in [1.29, 1.82) is 0 Å². The van der Waals surface area contributed by atoms with Gasteiger partial charge in [0.1, 0.15) is 6.04 Å². The first-order valence-corrected chi connectivity index (χ1v) is 9.75. The number of anilines is 3. The van der Waals surface area contributed by atoms with E-state index in [-0.39, 0.29) is 31.6 Å². The normalized spacial score (nSPS) is 11.7. The maximum absolute atomic E-state index is 12.4. The Morgan fingerprint density at radius 2 is 1.82 bits per heavy atom. The van der Waals surface area contributed by atoms with Gasteiger partial charge in [0.2, 0.25) is 5.95 Å². The van der Waals surface area contributed by atoms with Crippen LogP contribution in [0.15, 0.2) is 30.5 Å². The molecule has 7 N–H and O–H groups in total. The van der Waals surface area contributed by atoms with E-state index in [2.05, 4.69) is 25.3 Å². The molecule has 2 heterocycles. The molecule has 3 rings (SSSR count). The van der Waals surface area contributed by atoms with E-state index < -0.39 is 23.9 Å². The molecule has 0 aliphatic heterocycles. The number of hydrogen-bond donors (Lipinski definition) is 5. The number of carboxylic acid groups (broad SMARTS) is 2. The Bertz CT molecular complexity index is 1210.